The quantitative estimate of drug-likeness (QED) is 0.650. The highest BCUT2D eigenvalue weighted by Gasteiger charge is 2.14. The molecule has 0 aliphatic rings. The minimum Gasteiger partial charge on any atom is -0.493 e. The molecule has 0 fully saturated rings. The van der Waals surface area contributed by atoms with E-state index in [1.165, 1.54) is 0 Å². The van der Waals surface area contributed by atoms with Crippen LogP contribution in [0.2, 0.25) is 0 Å². The molecule has 0 unspecified atom stereocenters. The van der Waals surface area contributed by atoms with E-state index in [2.05, 4.69) is 15.5 Å². The molecule has 120 valence electrons. The van der Waals surface area contributed by atoms with E-state index in [-0.39, 0.29) is 17.5 Å². The largest absolute Gasteiger partial charge is 0.493 e. The molecule has 0 saturated heterocycles. The van der Waals surface area contributed by atoms with Crippen LogP contribution in [0.1, 0.15) is 36.9 Å². The summed E-state index contributed by atoms with van der Waals surface area (Å²) < 4.78 is 15.9. The predicted molar refractivity (Wildman–Crippen MR) is 86.1 cm³/mol. The highest BCUT2D eigenvalue weighted by atomic mass is 16.5. The van der Waals surface area contributed by atoms with Gasteiger partial charge in [0.2, 0.25) is 11.6 Å². The maximum atomic E-state index is 9.06. The smallest absolute Gasteiger partial charge is 0.252 e. The van der Waals surface area contributed by atoms with Gasteiger partial charge in [-0.25, -0.2) is 10.4 Å². The maximum Gasteiger partial charge on any atom is 0.252 e. The van der Waals surface area contributed by atoms with Crippen LogP contribution in [-0.2, 0) is 0 Å². The fourth-order valence-corrected chi connectivity index (χ4v) is 1.83. The van der Waals surface area contributed by atoms with Crippen molar-refractivity contribution >= 4 is 12.1 Å². The van der Waals surface area contributed by atoms with Gasteiger partial charge in [-0.3, -0.25) is 0 Å². The number of methoxy groups -OCH3 is 2. The lowest BCUT2D eigenvalue weighted by Crippen LogP contribution is -1.94. The molecule has 23 heavy (non-hydrogen) atoms. The van der Waals surface area contributed by atoms with Crippen LogP contribution >= 0.6 is 0 Å². The third-order valence-electron chi connectivity index (χ3n) is 3.03. The van der Waals surface area contributed by atoms with Crippen molar-refractivity contribution in [2.75, 3.05) is 19.6 Å². The Labute approximate surface area is 134 Å². The lowest BCUT2D eigenvalue weighted by Gasteiger charge is -2.07. The van der Waals surface area contributed by atoms with Crippen molar-refractivity contribution in [2.45, 2.75) is 19.8 Å². The molecule has 0 spiro atoms. The van der Waals surface area contributed by atoms with Gasteiger partial charge in [-0.2, -0.15) is 10.4 Å². The summed E-state index contributed by atoms with van der Waals surface area (Å²) in [5.74, 6) is 2.06. The molecule has 1 aromatic heterocycles. The van der Waals surface area contributed by atoms with Crippen molar-refractivity contribution in [1.82, 2.24) is 4.98 Å². The fourth-order valence-electron chi connectivity index (χ4n) is 1.83. The molecule has 1 heterocycles. The number of nitriles is 1. The monoisotopic (exact) mass is 314 g/mol. The van der Waals surface area contributed by atoms with Gasteiger partial charge in [0.25, 0.3) is 5.88 Å². The molecule has 2 aromatic rings. The number of hydrogen-bond acceptors (Lipinski definition) is 7. The summed E-state index contributed by atoms with van der Waals surface area (Å²) in [5, 5.41) is 13.1. The van der Waals surface area contributed by atoms with E-state index in [1.807, 2.05) is 26.0 Å². The molecule has 0 amide bonds. The molecule has 1 N–H and O–H groups in total. The number of aromatic nitrogens is 1. The first-order valence-electron chi connectivity index (χ1n) is 7.01. The number of anilines is 1. The first-order valence-corrected chi connectivity index (χ1v) is 7.01. The van der Waals surface area contributed by atoms with Gasteiger partial charge in [-0.1, -0.05) is 13.8 Å². The number of oxazole rings is 1. The predicted octanol–water partition coefficient (Wildman–Crippen LogP) is 3.13. The van der Waals surface area contributed by atoms with Crippen molar-refractivity contribution in [3.05, 3.63) is 35.3 Å². The summed E-state index contributed by atoms with van der Waals surface area (Å²) in [5.41, 5.74) is 3.68. The molecule has 0 atom stereocenters. The fraction of sp³-hybridized carbons (Fsp3) is 0.312. The van der Waals surface area contributed by atoms with Gasteiger partial charge >= 0.3 is 0 Å². The Bertz CT molecular complexity index is 744. The Morgan fingerprint density at radius 1 is 1.30 bits per heavy atom. The van der Waals surface area contributed by atoms with Crippen LogP contribution < -0.4 is 14.9 Å². The summed E-state index contributed by atoms with van der Waals surface area (Å²) in [6.45, 7) is 3.87. The first kappa shape index (κ1) is 16.4. The Kier molecular flexibility index (Phi) is 5.20. The van der Waals surface area contributed by atoms with E-state index in [0.29, 0.717) is 17.4 Å². The van der Waals surface area contributed by atoms with E-state index in [4.69, 9.17) is 19.2 Å². The zero-order chi connectivity index (χ0) is 16.8. The van der Waals surface area contributed by atoms with E-state index in [9.17, 15) is 0 Å². The van der Waals surface area contributed by atoms with Crippen LogP contribution in [0.3, 0.4) is 0 Å². The third kappa shape index (κ3) is 3.80. The van der Waals surface area contributed by atoms with E-state index < -0.39 is 0 Å². The zero-order valence-corrected chi connectivity index (χ0v) is 13.5. The van der Waals surface area contributed by atoms with Gasteiger partial charge in [0, 0.05) is 5.92 Å². The van der Waals surface area contributed by atoms with Gasteiger partial charge in [0.05, 0.1) is 20.4 Å². The Morgan fingerprint density at radius 3 is 2.65 bits per heavy atom. The third-order valence-corrected chi connectivity index (χ3v) is 3.03. The number of hydrazone groups is 1. The van der Waals surface area contributed by atoms with E-state index in [0.717, 1.165) is 5.56 Å². The molecule has 1 aromatic carbocycles. The summed E-state index contributed by atoms with van der Waals surface area (Å²) in [6.07, 6.45) is 1.58. The molecule has 2 rings (SSSR count). The molecular weight excluding hydrogens is 296 g/mol. The molecule has 7 heteroatoms. The van der Waals surface area contributed by atoms with Gasteiger partial charge in [-0.15, -0.1) is 0 Å². The average Bonchev–Trinajstić information content (AvgIpc) is 2.98. The van der Waals surface area contributed by atoms with Crippen LogP contribution in [0, 0.1) is 11.3 Å². The second-order valence-electron chi connectivity index (χ2n) is 4.98. The minimum atomic E-state index is 0.0903. The SMILES string of the molecule is COc1ccc(C=NNc2oc(C(C)C)nc2C#N)cc1OC. The highest BCUT2D eigenvalue weighted by molar-refractivity contribution is 5.81. The van der Waals surface area contributed by atoms with Crippen LogP contribution in [0.4, 0.5) is 5.88 Å². The summed E-state index contributed by atoms with van der Waals surface area (Å²) in [4.78, 5) is 4.10. The molecule has 0 bridgehead atoms. The standard InChI is InChI=1S/C16H18N4O3/c1-10(2)15-19-12(8-17)16(23-15)20-18-9-11-5-6-13(21-3)14(7-11)22-4/h5-7,9-10,20H,1-4H3. The first-order chi connectivity index (χ1) is 11.1. The van der Waals surface area contributed by atoms with Crippen molar-refractivity contribution < 1.29 is 13.9 Å². The van der Waals surface area contributed by atoms with Crippen molar-refractivity contribution in [3.63, 3.8) is 0 Å². The highest BCUT2D eigenvalue weighted by Crippen LogP contribution is 2.27. The number of nitrogens with zero attached hydrogens (tertiary/aromatic N) is 3. The normalized spacial score (nSPS) is 10.8. The van der Waals surface area contributed by atoms with Crippen molar-refractivity contribution in [1.29, 1.82) is 5.26 Å². The number of hydrogen-bond donors (Lipinski definition) is 1. The summed E-state index contributed by atoms with van der Waals surface area (Å²) in [6, 6.07) is 7.38. The summed E-state index contributed by atoms with van der Waals surface area (Å²) in [7, 11) is 3.14. The number of nitrogens with one attached hydrogen (secondary N) is 1. The molecule has 0 aliphatic heterocycles. The lowest BCUT2D eigenvalue weighted by atomic mass is 10.2. The topological polar surface area (TPSA) is 92.7 Å². The van der Waals surface area contributed by atoms with Crippen molar-refractivity contribution in [3.8, 4) is 17.6 Å². The number of ether oxygens (including phenoxy) is 2. The lowest BCUT2D eigenvalue weighted by molar-refractivity contribution is 0.355. The van der Waals surface area contributed by atoms with Gasteiger partial charge in [0.1, 0.15) is 6.07 Å². The van der Waals surface area contributed by atoms with Crippen LogP contribution in [0.15, 0.2) is 27.7 Å². The van der Waals surface area contributed by atoms with Crippen molar-refractivity contribution in [2.24, 2.45) is 5.10 Å². The van der Waals surface area contributed by atoms with E-state index >= 15 is 0 Å². The van der Waals surface area contributed by atoms with Crippen LogP contribution in [0.5, 0.6) is 11.5 Å². The number of benzene rings is 1. The minimum absolute atomic E-state index is 0.0903. The molecule has 0 radical (unpaired) electrons. The van der Waals surface area contributed by atoms with Gasteiger partial charge in [0.15, 0.2) is 11.5 Å². The second kappa shape index (κ2) is 7.31. The van der Waals surface area contributed by atoms with Crippen LogP contribution in [-0.4, -0.2) is 25.4 Å². The second-order valence-corrected chi connectivity index (χ2v) is 4.98. The Morgan fingerprint density at radius 2 is 2.04 bits per heavy atom. The van der Waals surface area contributed by atoms with Gasteiger partial charge in [-0.05, 0) is 23.8 Å². The molecule has 7 nitrogen and oxygen atoms in total. The molecular formula is C16H18N4O3. The van der Waals surface area contributed by atoms with E-state index in [1.54, 1.807) is 32.6 Å². The molecule has 0 saturated carbocycles. The average molecular weight is 314 g/mol. The van der Waals surface area contributed by atoms with Crippen LogP contribution in [0.25, 0.3) is 0 Å². The number of rotatable bonds is 6. The Balaban J connectivity index is 2.15. The Hall–Kier alpha value is -3.01. The van der Waals surface area contributed by atoms with Gasteiger partial charge < -0.3 is 13.9 Å². The summed E-state index contributed by atoms with van der Waals surface area (Å²) >= 11 is 0. The maximum absolute atomic E-state index is 9.06. The zero-order valence-electron chi connectivity index (χ0n) is 13.5. The molecule has 0 aliphatic carbocycles.